The van der Waals surface area contributed by atoms with Crippen molar-refractivity contribution in [2.75, 3.05) is 25.1 Å². The van der Waals surface area contributed by atoms with Crippen molar-refractivity contribution in [2.24, 2.45) is 0 Å². The van der Waals surface area contributed by atoms with Gasteiger partial charge >= 0.3 is 0 Å². The second-order valence-corrected chi connectivity index (χ2v) is 7.50. The number of phenolic OH excluding ortho intramolecular Hbond substituents is 1. The highest BCUT2D eigenvalue weighted by atomic mass is 16.5. The number of nitrogens with zero attached hydrogens (tertiary/aromatic N) is 5. The van der Waals surface area contributed by atoms with Gasteiger partial charge in [0.1, 0.15) is 0 Å². The normalized spacial score (nSPS) is 14.8. The predicted octanol–water partition coefficient (Wildman–Crippen LogP) is 3.02. The molecule has 9 heteroatoms. The van der Waals surface area contributed by atoms with Crippen molar-refractivity contribution < 1.29 is 19.1 Å². The standard InChI is InChI=1S/C22H21N5O4/c1-30-20-17(28)6-4-14-5-7-18(27(29)19(14)20)26-11-8-15(9-12-26)22-24-21(25-31-22)16-3-2-10-23-13-16/h2-7,10,13,15,28H,8-9,11-12H2,1H3. The van der Waals surface area contributed by atoms with Gasteiger partial charge in [0.25, 0.3) is 5.82 Å². The van der Waals surface area contributed by atoms with E-state index in [9.17, 15) is 10.3 Å². The lowest BCUT2D eigenvalue weighted by atomic mass is 9.96. The van der Waals surface area contributed by atoms with Crippen LogP contribution in [0.5, 0.6) is 11.5 Å². The Labute approximate surface area is 178 Å². The number of hydrogen-bond donors (Lipinski definition) is 1. The Bertz CT molecular complexity index is 1220. The highest BCUT2D eigenvalue weighted by Gasteiger charge is 2.31. The Balaban J connectivity index is 1.36. The van der Waals surface area contributed by atoms with Gasteiger partial charge in [-0.3, -0.25) is 9.88 Å². The average molecular weight is 419 g/mol. The summed E-state index contributed by atoms with van der Waals surface area (Å²) in [6.45, 7) is 1.34. The Morgan fingerprint density at radius 2 is 2.00 bits per heavy atom. The molecule has 158 valence electrons. The lowest BCUT2D eigenvalue weighted by molar-refractivity contribution is -0.564. The van der Waals surface area contributed by atoms with Gasteiger partial charge in [-0.1, -0.05) is 5.16 Å². The van der Waals surface area contributed by atoms with E-state index in [1.165, 1.54) is 13.2 Å². The molecule has 9 nitrogen and oxygen atoms in total. The predicted molar refractivity (Wildman–Crippen MR) is 113 cm³/mol. The van der Waals surface area contributed by atoms with Crippen LogP contribution in [0.2, 0.25) is 0 Å². The Morgan fingerprint density at radius 1 is 1.19 bits per heavy atom. The summed E-state index contributed by atoms with van der Waals surface area (Å²) in [5, 5.41) is 28.0. The van der Waals surface area contributed by atoms with E-state index >= 15 is 0 Å². The minimum absolute atomic E-state index is 0.0590. The van der Waals surface area contributed by atoms with Crippen molar-refractivity contribution in [3.05, 3.63) is 59.9 Å². The fourth-order valence-corrected chi connectivity index (χ4v) is 4.07. The molecule has 0 amide bonds. The molecule has 0 aliphatic carbocycles. The molecule has 1 aliphatic heterocycles. The number of hydrogen-bond acceptors (Lipinski definition) is 8. The minimum atomic E-state index is -0.0590. The molecule has 1 N–H and O–H groups in total. The molecule has 0 atom stereocenters. The largest absolute Gasteiger partial charge is 0.710 e. The van der Waals surface area contributed by atoms with Crippen molar-refractivity contribution in [3.63, 3.8) is 0 Å². The maximum atomic E-state index is 13.1. The number of piperidine rings is 1. The molecule has 4 aromatic rings. The zero-order valence-electron chi connectivity index (χ0n) is 16.9. The fourth-order valence-electron chi connectivity index (χ4n) is 4.07. The maximum Gasteiger partial charge on any atom is 0.280 e. The molecular formula is C22H21N5O4. The molecule has 0 saturated carbocycles. The van der Waals surface area contributed by atoms with Crippen molar-refractivity contribution in [1.82, 2.24) is 15.1 Å². The van der Waals surface area contributed by atoms with Gasteiger partial charge in [0.15, 0.2) is 11.3 Å². The smallest absolute Gasteiger partial charge is 0.280 e. The van der Waals surface area contributed by atoms with Gasteiger partial charge in [0, 0.05) is 35.3 Å². The van der Waals surface area contributed by atoms with Gasteiger partial charge in [-0.2, -0.15) is 4.98 Å². The SMILES string of the molecule is COc1c(O)ccc2ccc(N3CCC(c4nc(-c5cccnc5)no4)CC3)[n+]([O-])c12. The fraction of sp³-hybridized carbons (Fsp3) is 0.273. The molecule has 1 fully saturated rings. The van der Waals surface area contributed by atoms with Gasteiger partial charge in [-0.05, 0) is 43.2 Å². The number of phenols is 1. The van der Waals surface area contributed by atoms with Crippen LogP contribution in [0.25, 0.3) is 22.3 Å². The number of methoxy groups -OCH3 is 1. The topological polar surface area (TPSA) is 111 Å². The van der Waals surface area contributed by atoms with E-state index in [4.69, 9.17) is 9.26 Å². The van der Waals surface area contributed by atoms with Gasteiger partial charge in [0.05, 0.1) is 20.2 Å². The summed E-state index contributed by atoms with van der Waals surface area (Å²) in [5.41, 5.74) is 1.14. The third kappa shape index (κ3) is 3.37. The van der Waals surface area contributed by atoms with E-state index < -0.39 is 0 Å². The highest BCUT2D eigenvalue weighted by Crippen LogP contribution is 2.35. The summed E-state index contributed by atoms with van der Waals surface area (Å²) in [7, 11) is 1.44. The van der Waals surface area contributed by atoms with Crippen LogP contribution in [-0.4, -0.2) is 40.4 Å². The second kappa shape index (κ2) is 7.75. The zero-order valence-corrected chi connectivity index (χ0v) is 16.9. The van der Waals surface area contributed by atoms with Crippen LogP contribution in [0.3, 0.4) is 0 Å². The van der Waals surface area contributed by atoms with Crippen LogP contribution in [0.4, 0.5) is 5.82 Å². The lowest BCUT2D eigenvalue weighted by Crippen LogP contribution is -2.42. The van der Waals surface area contributed by atoms with E-state index in [1.807, 2.05) is 23.1 Å². The second-order valence-electron chi connectivity index (χ2n) is 7.50. The van der Waals surface area contributed by atoms with E-state index in [1.54, 1.807) is 24.5 Å². The molecule has 4 heterocycles. The molecule has 5 rings (SSSR count). The summed E-state index contributed by atoms with van der Waals surface area (Å²) in [4.78, 5) is 10.7. The molecule has 0 bridgehead atoms. The number of aromatic hydroxyl groups is 1. The first-order chi connectivity index (χ1) is 15.2. The Kier molecular flexibility index (Phi) is 4.78. The van der Waals surface area contributed by atoms with E-state index in [2.05, 4.69) is 15.1 Å². The number of fused-ring (bicyclic) bond motifs is 1. The average Bonchev–Trinajstić information content (AvgIpc) is 3.31. The summed E-state index contributed by atoms with van der Waals surface area (Å²) in [6, 6.07) is 10.6. The van der Waals surface area contributed by atoms with E-state index in [0.29, 0.717) is 41.5 Å². The number of anilines is 1. The number of rotatable bonds is 4. The van der Waals surface area contributed by atoms with Crippen molar-refractivity contribution >= 4 is 16.7 Å². The highest BCUT2D eigenvalue weighted by molar-refractivity contribution is 5.85. The summed E-state index contributed by atoms with van der Waals surface area (Å²) >= 11 is 0. The molecule has 3 aromatic heterocycles. The van der Waals surface area contributed by atoms with Crippen molar-refractivity contribution in [3.8, 4) is 22.9 Å². The van der Waals surface area contributed by atoms with Crippen LogP contribution in [-0.2, 0) is 0 Å². The van der Waals surface area contributed by atoms with Gasteiger partial charge in [-0.15, -0.1) is 0 Å². The number of aromatic nitrogens is 4. The molecule has 31 heavy (non-hydrogen) atoms. The molecule has 1 aliphatic rings. The first-order valence-electron chi connectivity index (χ1n) is 10.1. The first-order valence-corrected chi connectivity index (χ1v) is 10.1. The third-order valence-electron chi connectivity index (χ3n) is 5.70. The van der Waals surface area contributed by atoms with Gasteiger partial charge < -0.3 is 19.6 Å². The number of pyridine rings is 2. The molecule has 0 spiro atoms. The Morgan fingerprint density at radius 3 is 2.74 bits per heavy atom. The quantitative estimate of drug-likeness (QED) is 0.397. The van der Waals surface area contributed by atoms with Gasteiger partial charge in [-0.25, -0.2) is 4.73 Å². The van der Waals surface area contributed by atoms with Crippen molar-refractivity contribution in [2.45, 2.75) is 18.8 Å². The van der Waals surface area contributed by atoms with E-state index in [0.717, 1.165) is 23.1 Å². The van der Waals surface area contributed by atoms with Crippen LogP contribution in [0.15, 0.2) is 53.3 Å². The van der Waals surface area contributed by atoms with Gasteiger partial charge in [0.2, 0.25) is 17.5 Å². The monoisotopic (exact) mass is 419 g/mol. The molecular weight excluding hydrogens is 398 g/mol. The molecule has 0 unspecified atom stereocenters. The minimum Gasteiger partial charge on any atom is -0.710 e. The lowest BCUT2D eigenvalue weighted by Gasteiger charge is -2.28. The first kappa shape index (κ1) is 19.1. The van der Waals surface area contributed by atoms with Crippen LogP contribution < -0.4 is 14.4 Å². The van der Waals surface area contributed by atoms with E-state index in [-0.39, 0.29) is 17.4 Å². The molecule has 0 radical (unpaired) electrons. The van der Waals surface area contributed by atoms with Crippen LogP contribution in [0.1, 0.15) is 24.7 Å². The molecule has 1 aromatic carbocycles. The Hall–Kier alpha value is -3.88. The summed E-state index contributed by atoms with van der Waals surface area (Å²) in [6.07, 6.45) is 4.97. The summed E-state index contributed by atoms with van der Waals surface area (Å²) in [5.74, 6) is 1.92. The van der Waals surface area contributed by atoms with Crippen molar-refractivity contribution in [1.29, 1.82) is 0 Å². The molecule has 1 saturated heterocycles. The number of ether oxygens (including phenoxy) is 1. The van der Waals surface area contributed by atoms with Crippen LogP contribution >= 0.6 is 0 Å². The maximum absolute atomic E-state index is 13.1. The zero-order chi connectivity index (χ0) is 21.4. The summed E-state index contributed by atoms with van der Waals surface area (Å²) < 4.78 is 11.6. The third-order valence-corrected chi connectivity index (χ3v) is 5.70. The number of benzene rings is 1. The van der Waals surface area contributed by atoms with Crippen LogP contribution in [0, 0.1) is 5.21 Å².